The summed E-state index contributed by atoms with van der Waals surface area (Å²) in [5.41, 5.74) is 2.22. The van der Waals surface area contributed by atoms with Crippen LogP contribution >= 0.6 is 0 Å². The predicted molar refractivity (Wildman–Crippen MR) is 77.3 cm³/mol. The van der Waals surface area contributed by atoms with Crippen LogP contribution in [0.5, 0.6) is 0 Å². The van der Waals surface area contributed by atoms with Gasteiger partial charge in [0.1, 0.15) is 0 Å². The Morgan fingerprint density at radius 3 is 2.58 bits per heavy atom. The van der Waals surface area contributed by atoms with Gasteiger partial charge in [-0.3, -0.25) is 4.68 Å². The van der Waals surface area contributed by atoms with Crippen molar-refractivity contribution in [1.82, 2.24) is 9.78 Å². The topological polar surface area (TPSA) is 39.1 Å². The number of nitrogens with one attached hydrogen (secondary N) is 1. The Morgan fingerprint density at radius 2 is 2.00 bits per heavy atom. The molecule has 2 rings (SSSR count). The van der Waals surface area contributed by atoms with Crippen LogP contribution in [0.3, 0.4) is 0 Å². The molecule has 1 aromatic carbocycles. The van der Waals surface area contributed by atoms with Gasteiger partial charge in [0.2, 0.25) is 0 Å². The number of anilines is 1. The SMILES string of the molecule is COCC(Nc1cnn(C(C)C)c1)c1ccccc1. The van der Waals surface area contributed by atoms with E-state index in [9.17, 15) is 0 Å². The summed E-state index contributed by atoms with van der Waals surface area (Å²) in [7, 11) is 1.72. The molecule has 1 unspecified atom stereocenters. The minimum absolute atomic E-state index is 0.135. The van der Waals surface area contributed by atoms with Crippen LogP contribution in [-0.4, -0.2) is 23.5 Å². The van der Waals surface area contributed by atoms with Crippen molar-refractivity contribution in [2.24, 2.45) is 0 Å². The Balaban J connectivity index is 2.12. The van der Waals surface area contributed by atoms with Gasteiger partial charge in [-0.2, -0.15) is 5.10 Å². The van der Waals surface area contributed by atoms with Crippen LogP contribution in [0, 0.1) is 0 Å². The average Bonchev–Trinajstić information content (AvgIpc) is 2.88. The van der Waals surface area contributed by atoms with Crippen LogP contribution in [0.15, 0.2) is 42.7 Å². The van der Waals surface area contributed by atoms with E-state index in [-0.39, 0.29) is 6.04 Å². The van der Waals surface area contributed by atoms with E-state index < -0.39 is 0 Å². The Labute approximate surface area is 114 Å². The molecule has 0 saturated heterocycles. The van der Waals surface area contributed by atoms with Crippen molar-refractivity contribution < 1.29 is 4.74 Å². The Morgan fingerprint density at radius 1 is 1.26 bits per heavy atom. The van der Waals surface area contributed by atoms with E-state index >= 15 is 0 Å². The molecule has 0 radical (unpaired) electrons. The smallest absolute Gasteiger partial charge is 0.0748 e. The van der Waals surface area contributed by atoms with Crippen molar-refractivity contribution in [3.05, 3.63) is 48.3 Å². The van der Waals surface area contributed by atoms with Gasteiger partial charge >= 0.3 is 0 Å². The lowest BCUT2D eigenvalue weighted by Crippen LogP contribution is -2.15. The molecule has 4 heteroatoms. The van der Waals surface area contributed by atoms with E-state index in [0.29, 0.717) is 12.6 Å². The summed E-state index contributed by atoms with van der Waals surface area (Å²) in [6, 6.07) is 10.8. The lowest BCUT2D eigenvalue weighted by atomic mass is 10.1. The summed E-state index contributed by atoms with van der Waals surface area (Å²) < 4.78 is 7.24. The first-order valence-corrected chi connectivity index (χ1v) is 6.55. The summed E-state index contributed by atoms with van der Waals surface area (Å²) >= 11 is 0. The molecule has 19 heavy (non-hydrogen) atoms. The molecule has 0 fully saturated rings. The molecule has 0 aliphatic rings. The Hall–Kier alpha value is -1.81. The van der Waals surface area contributed by atoms with E-state index in [2.05, 4.69) is 36.4 Å². The first kappa shape index (κ1) is 13.6. The maximum atomic E-state index is 5.30. The van der Waals surface area contributed by atoms with E-state index in [1.165, 1.54) is 5.56 Å². The number of methoxy groups -OCH3 is 1. The van der Waals surface area contributed by atoms with Gasteiger partial charge in [0.15, 0.2) is 0 Å². The fourth-order valence-electron chi connectivity index (χ4n) is 1.97. The normalized spacial score (nSPS) is 12.6. The number of nitrogens with zero attached hydrogens (tertiary/aromatic N) is 2. The highest BCUT2D eigenvalue weighted by Gasteiger charge is 2.12. The molecule has 0 amide bonds. The molecule has 1 aromatic heterocycles. The van der Waals surface area contributed by atoms with Gasteiger partial charge in [-0.25, -0.2) is 0 Å². The van der Waals surface area contributed by atoms with Gasteiger partial charge in [-0.05, 0) is 19.4 Å². The van der Waals surface area contributed by atoms with Crippen LogP contribution < -0.4 is 5.32 Å². The van der Waals surface area contributed by atoms with Crippen molar-refractivity contribution in [2.75, 3.05) is 19.0 Å². The maximum Gasteiger partial charge on any atom is 0.0748 e. The molecular formula is C15H21N3O. The maximum absolute atomic E-state index is 5.30. The van der Waals surface area contributed by atoms with Gasteiger partial charge in [-0.1, -0.05) is 30.3 Å². The third kappa shape index (κ3) is 3.58. The highest BCUT2D eigenvalue weighted by atomic mass is 16.5. The van der Waals surface area contributed by atoms with Gasteiger partial charge < -0.3 is 10.1 Å². The van der Waals surface area contributed by atoms with E-state index in [4.69, 9.17) is 4.74 Å². The van der Waals surface area contributed by atoms with Gasteiger partial charge in [0.05, 0.1) is 24.5 Å². The van der Waals surface area contributed by atoms with Crippen LogP contribution in [-0.2, 0) is 4.74 Å². The molecule has 0 aliphatic heterocycles. The van der Waals surface area contributed by atoms with E-state index in [0.717, 1.165) is 5.69 Å². The zero-order chi connectivity index (χ0) is 13.7. The van der Waals surface area contributed by atoms with Gasteiger partial charge in [0, 0.05) is 19.3 Å². The average molecular weight is 259 g/mol. The molecule has 0 bridgehead atoms. The van der Waals surface area contributed by atoms with Gasteiger partial charge in [0.25, 0.3) is 0 Å². The second-order valence-corrected chi connectivity index (χ2v) is 4.87. The fraction of sp³-hybridized carbons (Fsp3) is 0.400. The second kappa shape index (κ2) is 6.38. The van der Waals surface area contributed by atoms with Crippen LogP contribution in [0.1, 0.15) is 31.5 Å². The highest BCUT2D eigenvalue weighted by molar-refractivity contribution is 5.42. The third-order valence-corrected chi connectivity index (χ3v) is 3.01. The predicted octanol–water partition coefficient (Wildman–Crippen LogP) is 3.26. The van der Waals surface area contributed by atoms with Crippen molar-refractivity contribution in [1.29, 1.82) is 0 Å². The molecule has 1 N–H and O–H groups in total. The van der Waals surface area contributed by atoms with Crippen LogP contribution in [0.2, 0.25) is 0 Å². The van der Waals surface area contributed by atoms with Crippen molar-refractivity contribution in [2.45, 2.75) is 25.9 Å². The van der Waals surface area contributed by atoms with E-state index in [1.54, 1.807) is 7.11 Å². The second-order valence-electron chi connectivity index (χ2n) is 4.87. The first-order valence-electron chi connectivity index (χ1n) is 6.55. The summed E-state index contributed by atoms with van der Waals surface area (Å²) in [6.07, 6.45) is 3.88. The molecule has 0 spiro atoms. The minimum Gasteiger partial charge on any atom is -0.382 e. The number of ether oxygens (including phenoxy) is 1. The zero-order valence-electron chi connectivity index (χ0n) is 11.7. The van der Waals surface area contributed by atoms with Crippen LogP contribution in [0.25, 0.3) is 0 Å². The first-order chi connectivity index (χ1) is 9.20. The van der Waals surface area contributed by atoms with Crippen molar-refractivity contribution in [3.8, 4) is 0 Å². The number of aromatic nitrogens is 2. The molecule has 1 heterocycles. The monoisotopic (exact) mass is 259 g/mol. The number of rotatable bonds is 6. The minimum atomic E-state index is 0.135. The summed E-state index contributed by atoms with van der Waals surface area (Å²) in [5.74, 6) is 0. The number of benzene rings is 1. The summed E-state index contributed by atoms with van der Waals surface area (Å²) in [4.78, 5) is 0. The fourth-order valence-corrected chi connectivity index (χ4v) is 1.97. The standard InChI is InChI=1S/C15H21N3O/c1-12(2)18-10-14(9-16-18)17-15(11-19-3)13-7-5-4-6-8-13/h4-10,12,15,17H,11H2,1-3H3. The molecule has 0 aliphatic carbocycles. The lowest BCUT2D eigenvalue weighted by molar-refractivity contribution is 0.186. The Bertz CT molecular complexity index is 493. The quantitative estimate of drug-likeness (QED) is 0.865. The van der Waals surface area contributed by atoms with Crippen molar-refractivity contribution >= 4 is 5.69 Å². The number of hydrogen-bond acceptors (Lipinski definition) is 3. The zero-order valence-corrected chi connectivity index (χ0v) is 11.7. The van der Waals surface area contributed by atoms with E-state index in [1.807, 2.05) is 35.3 Å². The summed E-state index contributed by atoms with van der Waals surface area (Å²) in [5, 5.41) is 7.80. The molecule has 1 atom stereocenters. The molecular weight excluding hydrogens is 238 g/mol. The third-order valence-electron chi connectivity index (χ3n) is 3.01. The molecule has 2 aromatic rings. The Kier molecular flexibility index (Phi) is 4.58. The van der Waals surface area contributed by atoms with Gasteiger partial charge in [-0.15, -0.1) is 0 Å². The molecule has 4 nitrogen and oxygen atoms in total. The van der Waals surface area contributed by atoms with Crippen LogP contribution in [0.4, 0.5) is 5.69 Å². The molecule has 102 valence electrons. The number of hydrogen-bond donors (Lipinski definition) is 1. The molecule has 0 saturated carbocycles. The lowest BCUT2D eigenvalue weighted by Gasteiger charge is -2.18. The highest BCUT2D eigenvalue weighted by Crippen LogP contribution is 2.20. The van der Waals surface area contributed by atoms with Crippen molar-refractivity contribution in [3.63, 3.8) is 0 Å². The summed E-state index contributed by atoms with van der Waals surface area (Å²) in [6.45, 7) is 4.85. The largest absolute Gasteiger partial charge is 0.382 e.